The number of nitrogens with zero attached hydrogens (tertiary/aromatic N) is 1. The lowest BCUT2D eigenvalue weighted by Gasteiger charge is -2.34. The Morgan fingerprint density at radius 2 is 2.29 bits per heavy atom. The van der Waals surface area contributed by atoms with Crippen molar-refractivity contribution in [3.05, 3.63) is 0 Å². The first-order chi connectivity index (χ1) is 6.88. The zero-order valence-corrected chi connectivity index (χ0v) is 9.13. The van der Waals surface area contributed by atoms with Crippen LogP contribution in [0.2, 0.25) is 0 Å². The Hall–Kier alpha value is -0.160. The van der Waals surface area contributed by atoms with E-state index in [9.17, 15) is 5.11 Å². The summed E-state index contributed by atoms with van der Waals surface area (Å²) < 4.78 is 0. The fourth-order valence-corrected chi connectivity index (χ4v) is 2.06. The standard InChI is InChI=1S/C10H23N3O/c1-11-12-6-4-8-13-7-3-2-5-10(13)9-14/h10-12,14H,2-9H2,1H3. The van der Waals surface area contributed by atoms with Crippen molar-refractivity contribution < 1.29 is 5.11 Å². The first kappa shape index (κ1) is 11.9. The van der Waals surface area contributed by atoms with Crippen LogP contribution in [0.15, 0.2) is 0 Å². The van der Waals surface area contributed by atoms with Crippen molar-refractivity contribution in [2.24, 2.45) is 0 Å². The maximum atomic E-state index is 9.19. The fraction of sp³-hybridized carbons (Fsp3) is 1.00. The van der Waals surface area contributed by atoms with Gasteiger partial charge in [-0.3, -0.25) is 15.8 Å². The zero-order chi connectivity index (χ0) is 10.2. The number of hydrogen-bond acceptors (Lipinski definition) is 4. The van der Waals surface area contributed by atoms with Crippen molar-refractivity contribution in [3.63, 3.8) is 0 Å². The Balaban J connectivity index is 2.13. The minimum Gasteiger partial charge on any atom is -0.395 e. The summed E-state index contributed by atoms with van der Waals surface area (Å²) in [7, 11) is 1.89. The van der Waals surface area contributed by atoms with Gasteiger partial charge in [0.05, 0.1) is 6.61 Å². The predicted molar refractivity (Wildman–Crippen MR) is 58.0 cm³/mol. The molecule has 1 fully saturated rings. The Morgan fingerprint density at radius 1 is 1.43 bits per heavy atom. The van der Waals surface area contributed by atoms with Gasteiger partial charge in [0.25, 0.3) is 0 Å². The maximum Gasteiger partial charge on any atom is 0.0586 e. The second-order valence-corrected chi connectivity index (χ2v) is 3.90. The second-order valence-electron chi connectivity index (χ2n) is 3.90. The molecule has 0 aromatic heterocycles. The van der Waals surface area contributed by atoms with Gasteiger partial charge in [0.15, 0.2) is 0 Å². The summed E-state index contributed by atoms with van der Waals surface area (Å²) in [5.41, 5.74) is 5.99. The van der Waals surface area contributed by atoms with E-state index >= 15 is 0 Å². The number of hydrazine groups is 1. The van der Waals surface area contributed by atoms with Gasteiger partial charge in [-0.25, -0.2) is 0 Å². The number of nitrogens with one attached hydrogen (secondary N) is 2. The Bertz CT molecular complexity index is 143. The third kappa shape index (κ3) is 3.92. The van der Waals surface area contributed by atoms with Crippen LogP contribution in [0.5, 0.6) is 0 Å². The third-order valence-corrected chi connectivity index (χ3v) is 2.88. The number of aliphatic hydroxyl groups excluding tert-OH is 1. The molecule has 0 aliphatic carbocycles. The van der Waals surface area contributed by atoms with E-state index in [1.165, 1.54) is 12.8 Å². The number of piperidine rings is 1. The van der Waals surface area contributed by atoms with Crippen molar-refractivity contribution in [3.8, 4) is 0 Å². The summed E-state index contributed by atoms with van der Waals surface area (Å²) in [4.78, 5) is 2.42. The first-order valence-electron chi connectivity index (χ1n) is 5.63. The number of likely N-dealkylation sites (tertiary alicyclic amines) is 1. The number of rotatable bonds is 6. The summed E-state index contributed by atoms with van der Waals surface area (Å²) in [6, 6.07) is 0.415. The van der Waals surface area contributed by atoms with Crippen LogP contribution in [0.25, 0.3) is 0 Å². The molecule has 0 spiro atoms. The number of hydrogen-bond donors (Lipinski definition) is 3. The van der Waals surface area contributed by atoms with Gasteiger partial charge < -0.3 is 5.11 Å². The average Bonchev–Trinajstić information content (AvgIpc) is 2.25. The van der Waals surface area contributed by atoms with Crippen molar-refractivity contribution >= 4 is 0 Å². The lowest BCUT2D eigenvalue weighted by atomic mass is 10.0. The molecule has 1 unspecified atom stereocenters. The fourth-order valence-electron chi connectivity index (χ4n) is 2.06. The van der Waals surface area contributed by atoms with Crippen LogP contribution in [-0.2, 0) is 0 Å². The second kappa shape index (κ2) is 7.17. The maximum absolute atomic E-state index is 9.19. The molecule has 4 heteroatoms. The van der Waals surface area contributed by atoms with Crippen molar-refractivity contribution in [2.45, 2.75) is 31.7 Å². The normalized spacial score (nSPS) is 24.0. The molecule has 0 saturated carbocycles. The van der Waals surface area contributed by atoms with Crippen LogP contribution in [0, 0.1) is 0 Å². The molecule has 1 heterocycles. The molecular weight excluding hydrogens is 178 g/mol. The van der Waals surface area contributed by atoms with E-state index in [2.05, 4.69) is 15.8 Å². The molecule has 1 rings (SSSR count). The van der Waals surface area contributed by atoms with E-state index in [4.69, 9.17) is 0 Å². The van der Waals surface area contributed by atoms with Crippen molar-refractivity contribution in [2.75, 3.05) is 33.3 Å². The highest BCUT2D eigenvalue weighted by Crippen LogP contribution is 2.16. The quantitative estimate of drug-likeness (QED) is 0.416. The summed E-state index contributed by atoms with van der Waals surface area (Å²) in [5.74, 6) is 0. The minimum absolute atomic E-state index is 0.319. The molecule has 0 radical (unpaired) electrons. The van der Waals surface area contributed by atoms with Crippen LogP contribution >= 0.6 is 0 Å². The number of aliphatic hydroxyl groups is 1. The molecular formula is C10H23N3O. The highest BCUT2D eigenvalue weighted by atomic mass is 16.3. The topological polar surface area (TPSA) is 47.5 Å². The van der Waals surface area contributed by atoms with Gasteiger partial charge in [0, 0.05) is 12.6 Å². The van der Waals surface area contributed by atoms with Crippen LogP contribution in [0.3, 0.4) is 0 Å². The predicted octanol–water partition coefficient (Wildman–Crippen LogP) is -0.0527. The lowest BCUT2D eigenvalue weighted by molar-refractivity contribution is 0.0891. The summed E-state index contributed by atoms with van der Waals surface area (Å²) >= 11 is 0. The highest BCUT2D eigenvalue weighted by Gasteiger charge is 2.20. The molecule has 4 nitrogen and oxygen atoms in total. The monoisotopic (exact) mass is 201 g/mol. The minimum atomic E-state index is 0.319. The Labute approximate surface area is 86.6 Å². The molecule has 84 valence electrons. The Morgan fingerprint density at radius 3 is 3.00 bits per heavy atom. The van der Waals surface area contributed by atoms with Gasteiger partial charge in [0.2, 0.25) is 0 Å². The molecule has 3 N–H and O–H groups in total. The summed E-state index contributed by atoms with van der Waals surface area (Å²) in [5, 5.41) is 9.19. The molecule has 14 heavy (non-hydrogen) atoms. The van der Waals surface area contributed by atoms with E-state index in [1.54, 1.807) is 0 Å². The van der Waals surface area contributed by atoms with Gasteiger partial charge in [-0.1, -0.05) is 6.42 Å². The third-order valence-electron chi connectivity index (χ3n) is 2.88. The molecule has 1 atom stereocenters. The first-order valence-corrected chi connectivity index (χ1v) is 5.63. The van der Waals surface area contributed by atoms with Crippen LogP contribution in [-0.4, -0.2) is 49.3 Å². The molecule has 1 aliphatic heterocycles. The Kier molecular flexibility index (Phi) is 6.10. The molecule has 0 aromatic carbocycles. The van der Waals surface area contributed by atoms with Gasteiger partial charge in [0.1, 0.15) is 0 Å². The van der Waals surface area contributed by atoms with Gasteiger partial charge in [-0.15, -0.1) is 0 Å². The van der Waals surface area contributed by atoms with Crippen LogP contribution in [0.1, 0.15) is 25.7 Å². The van der Waals surface area contributed by atoms with E-state index in [-0.39, 0.29) is 0 Å². The molecule has 0 aromatic rings. The molecule has 0 amide bonds. The van der Waals surface area contributed by atoms with Crippen LogP contribution < -0.4 is 10.9 Å². The molecule has 1 saturated heterocycles. The summed E-state index contributed by atoms with van der Waals surface area (Å²) in [6.07, 6.45) is 4.86. The van der Waals surface area contributed by atoms with Gasteiger partial charge in [-0.05, 0) is 39.4 Å². The zero-order valence-electron chi connectivity index (χ0n) is 9.13. The van der Waals surface area contributed by atoms with Crippen molar-refractivity contribution in [1.82, 2.24) is 15.8 Å². The van der Waals surface area contributed by atoms with E-state index in [1.807, 2.05) is 7.05 Å². The van der Waals surface area contributed by atoms with Gasteiger partial charge in [-0.2, -0.15) is 0 Å². The van der Waals surface area contributed by atoms with E-state index in [0.29, 0.717) is 12.6 Å². The summed E-state index contributed by atoms with van der Waals surface area (Å²) in [6.45, 7) is 3.56. The smallest absolute Gasteiger partial charge is 0.0586 e. The average molecular weight is 201 g/mol. The van der Waals surface area contributed by atoms with Crippen molar-refractivity contribution in [1.29, 1.82) is 0 Å². The van der Waals surface area contributed by atoms with Gasteiger partial charge >= 0.3 is 0 Å². The van der Waals surface area contributed by atoms with E-state index < -0.39 is 0 Å². The highest BCUT2D eigenvalue weighted by molar-refractivity contribution is 4.75. The molecule has 0 bridgehead atoms. The largest absolute Gasteiger partial charge is 0.395 e. The van der Waals surface area contributed by atoms with Crippen LogP contribution in [0.4, 0.5) is 0 Å². The molecule has 1 aliphatic rings. The lowest BCUT2D eigenvalue weighted by Crippen LogP contribution is -2.43. The van der Waals surface area contributed by atoms with E-state index in [0.717, 1.165) is 32.5 Å². The SMILES string of the molecule is CNNCCCN1CCCCC1CO.